The fraction of sp³-hybridized carbons (Fsp3) is 0.846. The van der Waals surface area contributed by atoms with Gasteiger partial charge in [-0.25, -0.2) is 0 Å². The van der Waals surface area contributed by atoms with Gasteiger partial charge in [0.1, 0.15) is 0 Å². The average Bonchev–Trinajstić information content (AvgIpc) is 2.25. The summed E-state index contributed by atoms with van der Waals surface area (Å²) in [4.78, 5) is 20.3. The van der Waals surface area contributed by atoms with Crippen LogP contribution in [0.15, 0.2) is 0 Å². The predicted octanol–water partition coefficient (Wildman–Crippen LogP) is -5.21. The molecule has 0 N–H and O–H groups in total. The molecule has 0 unspecified atom stereocenters. The molecule has 0 rings (SSSR count). The Morgan fingerprint density at radius 2 is 0.737 bits per heavy atom. The van der Waals surface area contributed by atoms with E-state index >= 15 is 0 Å². The quantitative estimate of drug-likeness (QED) is 0.265. The summed E-state index contributed by atoms with van der Waals surface area (Å²) in [6.45, 7) is 0. The van der Waals surface area contributed by atoms with Crippen LogP contribution in [0, 0.1) is 0 Å². The molecule has 6 heteroatoms. The van der Waals surface area contributed by atoms with E-state index in [1.807, 2.05) is 0 Å². The summed E-state index contributed by atoms with van der Waals surface area (Å²) < 4.78 is 0. The molecule has 0 bridgehead atoms. The number of rotatable bonds is 12. The van der Waals surface area contributed by atoms with Crippen LogP contribution < -0.4 is 69.3 Å². The smallest absolute Gasteiger partial charge is 0.550 e. The second kappa shape index (κ2) is 18.9. The van der Waals surface area contributed by atoms with Gasteiger partial charge in [-0.05, 0) is 25.7 Å². The molecule has 4 nitrogen and oxygen atoms in total. The van der Waals surface area contributed by atoms with Crippen LogP contribution in [0.2, 0.25) is 0 Å². The van der Waals surface area contributed by atoms with Gasteiger partial charge in [0.05, 0.1) is 0 Å². The van der Waals surface area contributed by atoms with Crippen molar-refractivity contribution in [2.75, 3.05) is 0 Å². The minimum atomic E-state index is -0.960. The fourth-order valence-electron chi connectivity index (χ4n) is 1.78. The predicted molar refractivity (Wildman–Crippen MR) is 60.8 cm³/mol. The molecule has 0 heterocycles. The number of unbranched alkanes of at least 4 members (excludes halogenated alkanes) is 8. The molecule has 0 aromatic rings. The van der Waals surface area contributed by atoms with Gasteiger partial charge in [-0.3, -0.25) is 0 Å². The van der Waals surface area contributed by atoms with Crippen molar-refractivity contribution in [3.8, 4) is 0 Å². The molecule has 19 heavy (non-hydrogen) atoms. The van der Waals surface area contributed by atoms with Gasteiger partial charge >= 0.3 is 59.1 Å². The van der Waals surface area contributed by atoms with Crippen LogP contribution in [0.1, 0.15) is 70.6 Å². The van der Waals surface area contributed by atoms with E-state index in [-0.39, 0.29) is 72.0 Å². The zero-order valence-electron chi connectivity index (χ0n) is 12.4. The SMILES string of the molecule is O=C([O-])CCCCCCCCCCCC(=O)[O-].[Na+].[Na+]. The molecule has 0 atom stereocenters. The summed E-state index contributed by atoms with van der Waals surface area (Å²) in [6.07, 6.45) is 9.25. The largest absolute Gasteiger partial charge is 1.00 e. The third-order valence-corrected chi connectivity index (χ3v) is 2.76. The van der Waals surface area contributed by atoms with Crippen molar-refractivity contribution in [3.05, 3.63) is 0 Å². The Hall–Kier alpha value is 0.940. The molecule has 0 saturated carbocycles. The van der Waals surface area contributed by atoms with Crippen LogP contribution in [-0.2, 0) is 9.59 Å². The Kier molecular flexibility index (Phi) is 24.8. The normalized spacial score (nSPS) is 9.26. The Bertz CT molecular complexity index is 201. The molecular formula is C13H22Na2O4. The van der Waals surface area contributed by atoms with E-state index < -0.39 is 11.9 Å². The maximum atomic E-state index is 10.1. The second-order valence-corrected chi connectivity index (χ2v) is 4.43. The molecule has 0 amide bonds. The number of carboxylic acid groups (broad SMARTS) is 2. The van der Waals surface area contributed by atoms with Crippen LogP contribution >= 0.6 is 0 Å². The number of carbonyl (C=O) groups excluding carboxylic acids is 2. The molecule has 100 valence electrons. The first-order valence-electron chi connectivity index (χ1n) is 6.52. The van der Waals surface area contributed by atoms with Gasteiger partial charge in [0.2, 0.25) is 0 Å². The van der Waals surface area contributed by atoms with Gasteiger partial charge in [-0.1, -0.05) is 44.9 Å². The van der Waals surface area contributed by atoms with Gasteiger partial charge in [0.15, 0.2) is 0 Å². The standard InChI is InChI=1S/C13H24O4.2Na/c14-12(15)10-8-6-4-2-1-3-5-7-9-11-13(16)17;;/h1-11H2,(H,14,15)(H,16,17);;/q;2*+1/p-2. The zero-order chi connectivity index (χ0) is 12.9. The zero-order valence-corrected chi connectivity index (χ0v) is 16.4. The summed E-state index contributed by atoms with van der Waals surface area (Å²) in [5, 5.41) is 20.3. The first kappa shape index (κ1) is 24.9. The number of aliphatic carboxylic acids is 2. The first-order chi connectivity index (χ1) is 8.13. The van der Waals surface area contributed by atoms with Crippen molar-refractivity contribution >= 4 is 11.9 Å². The number of hydrogen-bond donors (Lipinski definition) is 0. The minimum absolute atomic E-state index is 0. The maximum absolute atomic E-state index is 10.1. The fourth-order valence-corrected chi connectivity index (χ4v) is 1.78. The van der Waals surface area contributed by atoms with Crippen LogP contribution in [-0.4, -0.2) is 11.9 Å². The molecule has 0 aromatic carbocycles. The Labute approximate surface area is 160 Å². The van der Waals surface area contributed by atoms with Gasteiger partial charge < -0.3 is 19.8 Å². The van der Waals surface area contributed by atoms with Crippen molar-refractivity contribution in [3.63, 3.8) is 0 Å². The summed E-state index contributed by atoms with van der Waals surface area (Å²) in [6, 6.07) is 0. The van der Waals surface area contributed by atoms with E-state index in [0.717, 1.165) is 44.9 Å². The molecule has 0 radical (unpaired) electrons. The summed E-state index contributed by atoms with van der Waals surface area (Å²) in [7, 11) is 0. The van der Waals surface area contributed by atoms with E-state index in [9.17, 15) is 19.8 Å². The van der Waals surface area contributed by atoms with Gasteiger partial charge in [-0.15, -0.1) is 0 Å². The van der Waals surface area contributed by atoms with Gasteiger partial charge in [-0.2, -0.15) is 0 Å². The minimum Gasteiger partial charge on any atom is -0.550 e. The van der Waals surface area contributed by atoms with E-state index in [1.165, 1.54) is 0 Å². The van der Waals surface area contributed by atoms with Gasteiger partial charge in [0, 0.05) is 11.9 Å². The number of carbonyl (C=O) groups is 2. The molecule has 0 aliphatic heterocycles. The average molecular weight is 288 g/mol. The monoisotopic (exact) mass is 288 g/mol. The van der Waals surface area contributed by atoms with Crippen molar-refractivity contribution in [1.82, 2.24) is 0 Å². The van der Waals surface area contributed by atoms with E-state index in [0.29, 0.717) is 12.8 Å². The third-order valence-electron chi connectivity index (χ3n) is 2.76. The maximum Gasteiger partial charge on any atom is 1.00 e. The van der Waals surface area contributed by atoms with E-state index in [4.69, 9.17) is 0 Å². The van der Waals surface area contributed by atoms with E-state index in [2.05, 4.69) is 0 Å². The molecule has 0 fully saturated rings. The Morgan fingerprint density at radius 3 is 0.947 bits per heavy atom. The van der Waals surface area contributed by atoms with Gasteiger partial charge in [0.25, 0.3) is 0 Å². The Morgan fingerprint density at radius 1 is 0.526 bits per heavy atom. The van der Waals surface area contributed by atoms with Crippen molar-refractivity contribution in [2.24, 2.45) is 0 Å². The molecule has 0 aliphatic carbocycles. The molecule has 0 saturated heterocycles. The number of hydrogen-bond acceptors (Lipinski definition) is 4. The van der Waals surface area contributed by atoms with E-state index in [1.54, 1.807) is 0 Å². The van der Waals surface area contributed by atoms with Crippen molar-refractivity contribution in [2.45, 2.75) is 70.6 Å². The molecule has 0 aromatic heterocycles. The summed E-state index contributed by atoms with van der Waals surface area (Å²) in [5.74, 6) is -1.92. The van der Waals surface area contributed by atoms with Crippen LogP contribution in [0.5, 0.6) is 0 Å². The Balaban J connectivity index is -0.00000128. The van der Waals surface area contributed by atoms with Crippen molar-refractivity contribution in [1.29, 1.82) is 0 Å². The third kappa shape index (κ3) is 24.4. The molecular weight excluding hydrogens is 266 g/mol. The van der Waals surface area contributed by atoms with Crippen LogP contribution in [0.25, 0.3) is 0 Å². The van der Waals surface area contributed by atoms with Crippen LogP contribution in [0.3, 0.4) is 0 Å². The molecule has 0 aliphatic rings. The second-order valence-electron chi connectivity index (χ2n) is 4.43. The summed E-state index contributed by atoms with van der Waals surface area (Å²) in [5.41, 5.74) is 0. The number of carboxylic acids is 2. The first-order valence-corrected chi connectivity index (χ1v) is 6.52. The topological polar surface area (TPSA) is 80.3 Å². The summed E-state index contributed by atoms with van der Waals surface area (Å²) >= 11 is 0. The van der Waals surface area contributed by atoms with Crippen molar-refractivity contribution < 1.29 is 78.9 Å². The van der Waals surface area contributed by atoms with Crippen LogP contribution in [0.4, 0.5) is 0 Å². The molecule has 0 spiro atoms.